The molecule has 2 aromatic carbocycles. The van der Waals surface area contributed by atoms with Crippen LogP contribution in [0.4, 0.5) is 4.39 Å². The van der Waals surface area contributed by atoms with Crippen LogP contribution in [0.5, 0.6) is 0 Å². The average Bonchev–Trinajstić information content (AvgIpc) is 2.79. The molecule has 0 bridgehead atoms. The van der Waals surface area contributed by atoms with Gasteiger partial charge < -0.3 is 4.57 Å². The predicted molar refractivity (Wildman–Crippen MR) is 90.2 cm³/mol. The van der Waals surface area contributed by atoms with Crippen LogP contribution in [0.15, 0.2) is 45.3 Å². The number of nitrogens with zero attached hydrogens (tertiary/aromatic N) is 2. The number of hydrogen-bond donors (Lipinski definition) is 0. The van der Waals surface area contributed by atoms with Gasteiger partial charge in [0.25, 0.3) is 0 Å². The van der Waals surface area contributed by atoms with Crippen LogP contribution >= 0.6 is 43.5 Å². The summed E-state index contributed by atoms with van der Waals surface area (Å²) < 4.78 is 17.1. The van der Waals surface area contributed by atoms with Crippen molar-refractivity contribution in [3.8, 4) is 0 Å². The van der Waals surface area contributed by atoms with Gasteiger partial charge in [-0.1, -0.05) is 34.1 Å². The molecule has 0 aliphatic carbocycles. The zero-order chi connectivity index (χ0) is 15.0. The van der Waals surface area contributed by atoms with E-state index in [0.29, 0.717) is 16.5 Å². The van der Waals surface area contributed by atoms with Gasteiger partial charge in [-0.15, -0.1) is 11.6 Å². The van der Waals surface area contributed by atoms with Crippen molar-refractivity contribution in [3.05, 3.63) is 62.5 Å². The fourth-order valence-corrected chi connectivity index (χ4v) is 3.19. The van der Waals surface area contributed by atoms with E-state index >= 15 is 0 Å². The quantitative estimate of drug-likeness (QED) is 0.501. The summed E-state index contributed by atoms with van der Waals surface area (Å²) in [5.74, 6) is 0.673. The van der Waals surface area contributed by atoms with Gasteiger partial charge >= 0.3 is 0 Å². The van der Waals surface area contributed by atoms with Gasteiger partial charge in [0, 0.05) is 10.5 Å². The summed E-state index contributed by atoms with van der Waals surface area (Å²) in [5.41, 5.74) is 2.58. The largest absolute Gasteiger partial charge is 0.322 e. The van der Waals surface area contributed by atoms with Crippen molar-refractivity contribution in [1.82, 2.24) is 9.55 Å². The second kappa shape index (κ2) is 6.07. The van der Waals surface area contributed by atoms with Gasteiger partial charge in [-0.25, -0.2) is 9.37 Å². The Kier molecular flexibility index (Phi) is 4.33. The molecule has 1 heterocycles. The average molecular weight is 433 g/mol. The monoisotopic (exact) mass is 430 g/mol. The highest BCUT2D eigenvalue weighted by atomic mass is 79.9. The summed E-state index contributed by atoms with van der Waals surface area (Å²) in [5, 5.41) is 0. The molecule has 3 aromatic rings. The first-order chi connectivity index (χ1) is 10.1. The smallest absolute Gasteiger partial charge is 0.139 e. The Morgan fingerprint density at radius 2 is 1.90 bits per heavy atom. The third-order valence-corrected chi connectivity index (χ3v) is 4.90. The minimum atomic E-state index is -0.325. The molecular weight excluding hydrogens is 422 g/mol. The molecule has 0 N–H and O–H groups in total. The van der Waals surface area contributed by atoms with Crippen LogP contribution < -0.4 is 0 Å². The second-order valence-corrected chi connectivity index (χ2v) is 6.57. The fraction of sp³-hybridized carbons (Fsp3) is 0.133. The molecule has 0 atom stereocenters. The Hall–Kier alpha value is -0.910. The highest BCUT2D eigenvalue weighted by Gasteiger charge is 2.14. The first-order valence-corrected chi connectivity index (χ1v) is 8.35. The van der Waals surface area contributed by atoms with E-state index in [1.165, 1.54) is 6.07 Å². The molecule has 0 aliphatic rings. The Morgan fingerprint density at radius 3 is 2.62 bits per heavy atom. The minimum absolute atomic E-state index is 0.276. The van der Waals surface area contributed by atoms with Crippen molar-refractivity contribution in [2.24, 2.45) is 0 Å². The van der Waals surface area contributed by atoms with E-state index in [0.717, 1.165) is 21.4 Å². The molecule has 0 spiro atoms. The van der Waals surface area contributed by atoms with Crippen LogP contribution in [0.25, 0.3) is 11.0 Å². The summed E-state index contributed by atoms with van der Waals surface area (Å²) in [6.45, 7) is 0.623. The number of imidazole rings is 1. The van der Waals surface area contributed by atoms with E-state index in [2.05, 4.69) is 36.8 Å². The number of benzene rings is 2. The summed E-state index contributed by atoms with van der Waals surface area (Å²) in [4.78, 5) is 4.41. The molecule has 0 amide bonds. The second-order valence-electron chi connectivity index (χ2n) is 4.59. The number of halogens is 4. The molecule has 0 unspecified atom stereocenters. The molecule has 0 aliphatic heterocycles. The zero-order valence-electron chi connectivity index (χ0n) is 10.8. The SMILES string of the molecule is Fc1cc2nc(CCl)n(Cc3ccccc3Br)c2cc1Br. The van der Waals surface area contributed by atoms with E-state index in [1.807, 2.05) is 28.8 Å². The maximum absolute atomic E-state index is 13.6. The summed E-state index contributed by atoms with van der Waals surface area (Å²) in [6, 6.07) is 11.1. The van der Waals surface area contributed by atoms with Crippen LogP contribution in [-0.4, -0.2) is 9.55 Å². The van der Waals surface area contributed by atoms with Crippen molar-refractivity contribution in [1.29, 1.82) is 0 Å². The molecule has 21 heavy (non-hydrogen) atoms. The topological polar surface area (TPSA) is 17.8 Å². The van der Waals surface area contributed by atoms with Crippen molar-refractivity contribution in [2.75, 3.05) is 0 Å². The van der Waals surface area contributed by atoms with Gasteiger partial charge in [0.1, 0.15) is 11.6 Å². The van der Waals surface area contributed by atoms with Crippen molar-refractivity contribution in [2.45, 2.75) is 12.4 Å². The Morgan fingerprint density at radius 1 is 1.14 bits per heavy atom. The van der Waals surface area contributed by atoms with E-state index in [9.17, 15) is 4.39 Å². The molecule has 0 fully saturated rings. The van der Waals surface area contributed by atoms with E-state index in [-0.39, 0.29) is 11.7 Å². The maximum atomic E-state index is 13.6. The fourth-order valence-electron chi connectivity index (χ4n) is 2.25. The van der Waals surface area contributed by atoms with E-state index in [1.54, 1.807) is 6.07 Å². The van der Waals surface area contributed by atoms with Gasteiger partial charge in [0.15, 0.2) is 0 Å². The molecule has 108 valence electrons. The lowest BCUT2D eigenvalue weighted by Gasteiger charge is -2.10. The standard InChI is InChI=1S/C15H10Br2ClFN2/c16-10-4-2-1-3-9(10)8-21-14-5-11(17)12(19)6-13(14)20-15(21)7-18/h1-6H,7-8H2. The van der Waals surface area contributed by atoms with Crippen LogP contribution in [0.1, 0.15) is 11.4 Å². The lowest BCUT2D eigenvalue weighted by molar-refractivity contribution is 0.622. The van der Waals surface area contributed by atoms with Gasteiger partial charge in [0.05, 0.1) is 27.9 Å². The minimum Gasteiger partial charge on any atom is -0.322 e. The molecule has 0 saturated heterocycles. The van der Waals surface area contributed by atoms with Gasteiger partial charge in [0.2, 0.25) is 0 Å². The Labute approximate surface area is 143 Å². The summed E-state index contributed by atoms with van der Waals surface area (Å²) in [7, 11) is 0. The molecule has 3 rings (SSSR count). The van der Waals surface area contributed by atoms with Crippen molar-refractivity contribution < 1.29 is 4.39 Å². The number of rotatable bonds is 3. The van der Waals surface area contributed by atoms with Crippen molar-refractivity contribution in [3.63, 3.8) is 0 Å². The van der Waals surface area contributed by atoms with Gasteiger partial charge in [-0.05, 0) is 33.6 Å². The highest BCUT2D eigenvalue weighted by Crippen LogP contribution is 2.27. The molecule has 0 radical (unpaired) electrons. The highest BCUT2D eigenvalue weighted by molar-refractivity contribution is 9.10. The van der Waals surface area contributed by atoms with Gasteiger partial charge in [-0.3, -0.25) is 0 Å². The van der Waals surface area contributed by atoms with E-state index < -0.39 is 0 Å². The molecule has 2 nitrogen and oxygen atoms in total. The van der Waals surface area contributed by atoms with Crippen LogP contribution in [-0.2, 0) is 12.4 Å². The maximum Gasteiger partial charge on any atom is 0.139 e. The molecule has 6 heteroatoms. The third-order valence-electron chi connectivity index (χ3n) is 3.28. The molecular formula is C15H10Br2ClFN2. The lowest BCUT2D eigenvalue weighted by atomic mass is 10.2. The number of hydrogen-bond acceptors (Lipinski definition) is 1. The van der Waals surface area contributed by atoms with Crippen LogP contribution in [0, 0.1) is 5.82 Å². The first kappa shape index (κ1) is 15.0. The normalized spacial score (nSPS) is 11.2. The third kappa shape index (κ3) is 2.87. The molecule has 0 saturated carbocycles. The van der Waals surface area contributed by atoms with Crippen LogP contribution in [0.3, 0.4) is 0 Å². The van der Waals surface area contributed by atoms with E-state index in [4.69, 9.17) is 11.6 Å². The summed E-state index contributed by atoms with van der Waals surface area (Å²) >= 11 is 12.8. The first-order valence-electron chi connectivity index (χ1n) is 6.23. The number of alkyl halides is 1. The predicted octanol–water partition coefficient (Wildman–Crippen LogP) is 5.49. The lowest BCUT2D eigenvalue weighted by Crippen LogP contribution is -2.04. The Bertz CT molecular complexity index is 817. The zero-order valence-corrected chi connectivity index (χ0v) is 14.7. The van der Waals surface area contributed by atoms with Gasteiger partial charge in [-0.2, -0.15) is 0 Å². The van der Waals surface area contributed by atoms with Crippen LogP contribution in [0.2, 0.25) is 0 Å². The Balaban J connectivity index is 2.16. The number of aromatic nitrogens is 2. The summed E-state index contributed by atoms with van der Waals surface area (Å²) in [6.07, 6.45) is 0. The van der Waals surface area contributed by atoms with Crippen molar-refractivity contribution >= 4 is 54.5 Å². The number of fused-ring (bicyclic) bond motifs is 1. The molecule has 1 aromatic heterocycles.